The lowest BCUT2D eigenvalue weighted by Crippen LogP contribution is -2.06. The minimum Gasteiger partial charge on any atom is -0.464 e. The number of benzene rings is 2. The Morgan fingerprint density at radius 1 is 0.800 bits per heavy atom. The highest BCUT2D eigenvalue weighted by molar-refractivity contribution is 6.36. The number of esters is 2. The van der Waals surface area contributed by atoms with Gasteiger partial charge in [-0.05, 0) is 59.7 Å². The van der Waals surface area contributed by atoms with E-state index in [0.717, 1.165) is 11.1 Å². The molecule has 1 N–H and O–H groups in total. The first-order chi connectivity index (χ1) is 21.7. The van der Waals surface area contributed by atoms with Crippen molar-refractivity contribution in [1.82, 2.24) is 29.9 Å². The fraction of sp³-hybridized carbons (Fsp3) is 0.133. The van der Waals surface area contributed by atoms with Gasteiger partial charge in [-0.25, -0.2) is 24.2 Å². The third-order valence-corrected chi connectivity index (χ3v) is 7.56. The van der Waals surface area contributed by atoms with Crippen LogP contribution >= 0.6 is 58.0 Å². The van der Waals surface area contributed by atoms with Gasteiger partial charge in [-0.1, -0.05) is 58.5 Å². The normalized spacial score (nSPS) is 10.5. The molecule has 6 rings (SSSR count). The molecule has 0 atom stereocenters. The van der Waals surface area contributed by atoms with E-state index in [-0.39, 0.29) is 5.69 Å². The van der Waals surface area contributed by atoms with Crippen LogP contribution in [-0.4, -0.2) is 56.1 Å². The van der Waals surface area contributed by atoms with E-state index < -0.39 is 11.9 Å². The number of carbonyl (C=O) groups excluding carboxylic acids is 2. The molecule has 0 bridgehead atoms. The van der Waals surface area contributed by atoms with Gasteiger partial charge in [0.15, 0.2) is 22.7 Å². The Balaban J connectivity index is 0.000000170. The maximum absolute atomic E-state index is 11.8. The van der Waals surface area contributed by atoms with E-state index in [1.165, 1.54) is 14.2 Å². The van der Waals surface area contributed by atoms with Crippen molar-refractivity contribution in [3.8, 4) is 0 Å². The number of ether oxygens (including phenoxy) is 2. The maximum atomic E-state index is 11.8. The summed E-state index contributed by atoms with van der Waals surface area (Å²) in [6.45, 7) is 0.376. The van der Waals surface area contributed by atoms with E-state index in [0.29, 0.717) is 60.3 Å². The second kappa shape index (κ2) is 15.9. The number of rotatable bonds is 5. The van der Waals surface area contributed by atoms with Crippen LogP contribution in [0.25, 0.3) is 22.1 Å². The van der Waals surface area contributed by atoms with Gasteiger partial charge in [0.25, 0.3) is 0 Å². The average Bonchev–Trinajstić information content (AvgIpc) is 3.64. The molecule has 10 nitrogen and oxygen atoms in total. The summed E-state index contributed by atoms with van der Waals surface area (Å²) in [5.74, 6) is -0.509. The first kappa shape index (κ1) is 34.0. The number of methoxy groups -OCH3 is 2. The summed E-state index contributed by atoms with van der Waals surface area (Å²) in [6, 6.07) is 17.5. The van der Waals surface area contributed by atoms with E-state index in [4.69, 9.17) is 62.7 Å². The molecule has 0 aliphatic heterocycles. The van der Waals surface area contributed by atoms with E-state index in [1.54, 1.807) is 65.6 Å². The summed E-state index contributed by atoms with van der Waals surface area (Å²) in [5, 5.41) is 14.4. The largest absolute Gasteiger partial charge is 0.464 e. The Hall–Kier alpha value is -3.93. The molecular formula is C30H23Cl5N6O4. The van der Waals surface area contributed by atoms with Gasteiger partial charge in [0.2, 0.25) is 0 Å². The van der Waals surface area contributed by atoms with E-state index in [2.05, 4.69) is 30.0 Å². The van der Waals surface area contributed by atoms with Gasteiger partial charge < -0.3 is 9.47 Å². The van der Waals surface area contributed by atoms with Crippen molar-refractivity contribution >= 4 is 92.0 Å². The predicted octanol–water partition coefficient (Wildman–Crippen LogP) is 8.05. The predicted molar refractivity (Wildman–Crippen MR) is 176 cm³/mol. The first-order valence-electron chi connectivity index (χ1n) is 12.9. The van der Waals surface area contributed by atoms with Gasteiger partial charge in [0.1, 0.15) is 0 Å². The standard InChI is InChI=1S/C15H11Cl2N3O2.C8H7N3O2.C7H5Cl3/c1-22-15(21)13-11-3-2-6-18-14(11)20(19-13)8-9-4-5-10(16)7-12(9)17;1-13-8(12)6-5-3-2-4-9-7(5)11-10-6;8-4-5-1-2-6(9)3-7(5)10/h2-7H,8H2,1H3;2-4H,1H3,(H,9,10,11);1-3H,4H2. The van der Waals surface area contributed by atoms with Crippen LogP contribution in [0.3, 0.4) is 0 Å². The van der Waals surface area contributed by atoms with Crippen LogP contribution in [0.15, 0.2) is 73.1 Å². The minimum atomic E-state index is -0.501. The second-order valence-electron chi connectivity index (χ2n) is 8.94. The number of hydrogen-bond acceptors (Lipinski definition) is 8. The highest BCUT2D eigenvalue weighted by Crippen LogP contribution is 2.24. The van der Waals surface area contributed by atoms with Crippen LogP contribution in [0.1, 0.15) is 32.1 Å². The number of alkyl halides is 1. The zero-order valence-corrected chi connectivity index (χ0v) is 27.4. The minimum absolute atomic E-state index is 0.232. The van der Waals surface area contributed by atoms with Crippen molar-refractivity contribution in [2.24, 2.45) is 0 Å². The zero-order chi connectivity index (χ0) is 32.5. The second-order valence-corrected chi connectivity index (χ2v) is 10.9. The molecule has 45 heavy (non-hydrogen) atoms. The van der Waals surface area contributed by atoms with Crippen LogP contribution < -0.4 is 0 Å². The fourth-order valence-electron chi connectivity index (χ4n) is 3.92. The van der Waals surface area contributed by atoms with Crippen LogP contribution in [-0.2, 0) is 21.9 Å². The SMILES string of the molecule is COC(=O)c1[nH]nc2ncccc12.COC(=O)c1nn(Cc2ccc(Cl)cc2Cl)c2ncccc12.ClCc1ccc(Cl)cc1Cl. The Morgan fingerprint density at radius 2 is 1.40 bits per heavy atom. The lowest BCUT2D eigenvalue weighted by atomic mass is 10.2. The number of H-pyrrole nitrogens is 1. The fourth-order valence-corrected chi connectivity index (χ4v) is 5.16. The van der Waals surface area contributed by atoms with Gasteiger partial charge in [-0.3, -0.25) is 5.10 Å². The van der Waals surface area contributed by atoms with Crippen molar-refractivity contribution in [1.29, 1.82) is 0 Å². The summed E-state index contributed by atoms with van der Waals surface area (Å²) >= 11 is 29.1. The van der Waals surface area contributed by atoms with Gasteiger partial charge in [0.05, 0.1) is 31.5 Å². The number of aromatic amines is 1. The maximum Gasteiger partial charge on any atom is 0.359 e. The molecule has 0 spiro atoms. The summed E-state index contributed by atoms with van der Waals surface area (Å²) < 4.78 is 10.9. The van der Waals surface area contributed by atoms with E-state index in [9.17, 15) is 9.59 Å². The van der Waals surface area contributed by atoms with Crippen LogP contribution in [0.4, 0.5) is 0 Å². The zero-order valence-electron chi connectivity index (χ0n) is 23.6. The smallest absolute Gasteiger partial charge is 0.359 e. The number of carbonyl (C=O) groups is 2. The van der Waals surface area contributed by atoms with Crippen molar-refractivity contribution in [2.75, 3.05) is 14.2 Å². The highest BCUT2D eigenvalue weighted by Gasteiger charge is 2.19. The van der Waals surface area contributed by atoms with Crippen molar-refractivity contribution < 1.29 is 19.1 Å². The molecule has 0 aliphatic carbocycles. The quantitative estimate of drug-likeness (QED) is 0.141. The molecule has 232 valence electrons. The lowest BCUT2D eigenvalue weighted by molar-refractivity contribution is 0.0587. The molecule has 0 unspecified atom stereocenters. The number of nitrogens with zero attached hydrogens (tertiary/aromatic N) is 5. The summed E-state index contributed by atoms with van der Waals surface area (Å²) in [6.07, 6.45) is 3.26. The average molecular weight is 709 g/mol. The van der Waals surface area contributed by atoms with Crippen LogP contribution in [0.2, 0.25) is 20.1 Å². The number of fused-ring (bicyclic) bond motifs is 2. The van der Waals surface area contributed by atoms with Gasteiger partial charge >= 0.3 is 11.9 Å². The summed E-state index contributed by atoms with van der Waals surface area (Å²) in [4.78, 5) is 31.3. The molecule has 0 saturated carbocycles. The van der Waals surface area contributed by atoms with Gasteiger partial charge in [-0.2, -0.15) is 10.2 Å². The number of aromatic nitrogens is 6. The van der Waals surface area contributed by atoms with E-state index >= 15 is 0 Å². The molecule has 4 heterocycles. The molecular weight excluding hydrogens is 686 g/mol. The summed E-state index contributed by atoms with van der Waals surface area (Å²) in [7, 11) is 2.64. The van der Waals surface area contributed by atoms with Crippen LogP contribution in [0, 0.1) is 0 Å². The number of halogens is 5. The Labute approximate surface area is 282 Å². The molecule has 4 aromatic heterocycles. The third-order valence-electron chi connectivity index (χ3n) is 6.10. The van der Waals surface area contributed by atoms with Crippen molar-refractivity contribution in [3.63, 3.8) is 0 Å². The number of nitrogens with one attached hydrogen (secondary N) is 1. The van der Waals surface area contributed by atoms with Crippen molar-refractivity contribution in [2.45, 2.75) is 12.4 Å². The summed E-state index contributed by atoms with van der Waals surface area (Å²) in [5.41, 5.74) is 3.42. The monoisotopic (exact) mass is 706 g/mol. The number of hydrogen-bond donors (Lipinski definition) is 1. The van der Waals surface area contributed by atoms with Gasteiger partial charge in [0, 0.05) is 38.4 Å². The molecule has 0 fully saturated rings. The Bertz CT molecular complexity index is 1960. The third kappa shape index (κ3) is 8.42. The highest BCUT2D eigenvalue weighted by atomic mass is 35.5. The molecule has 0 amide bonds. The molecule has 0 saturated heterocycles. The molecule has 0 radical (unpaired) electrons. The van der Waals surface area contributed by atoms with Crippen molar-refractivity contribution in [3.05, 3.63) is 116 Å². The Morgan fingerprint density at radius 3 is 2.00 bits per heavy atom. The van der Waals surface area contributed by atoms with E-state index in [1.807, 2.05) is 12.1 Å². The first-order valence-corrected chi connectivity index (χ1v) is 14.9. The Kier molecular flexibility index (Phi) is 12.0. The number of pyridine rings is 2. The molecule has 0 aliphatic rings. The van der Waals surface area contributed by atoms with Gasteiger partial charge in [-0.15, -0.1) is 11.6 Å². The molecule has 15 heteroatoms. The molecule has 2 aromatic carbocycles. The lowest BCUT2D eigenvalue weighted by Gasteiger charge is -2.05. The topological polar surface area (TPSA) is 125 Å². The molecule has 6 aromatic rings. The van der Waals surface area contributed by atoms with Crippen LogP contribution in [0.5, 0.6) is 0 Å².